The number of aromatic nitrogens is 1. The monoisotopic (exact) mass is 312 g/mol. The maximum Gasteiger partial charge on any atom is 0.239 e. The summed E-state index contributed by atoms with van der Waals surface area (Å²) in [5.41, 5.74) is 0.781. The molecule has 0 bridgehead atoms. The van der Waals surface area contributed by atoms with E-state index in [1.807, 2.05) is 0 Å². The number of ketones is 1. The molecule has 2 unspecified atom stereocenters. The van der Waals surface area contributed by atoms with E-state index in [2.05, 4.69) is 16.9 Å². The highest BCUT2D eigenvalue weighted by Gasteiger charge is 2.31. The molecule has 0 aliphatic heterocycles. The number of halogens is 1. The van der Waals surface area contributed by atoms with Crippen LogP contribution in [0.2, 0.25) is 0 Å². The highest BCUT2D eigenvalue weighted by Crippen LogP contribution is 2.23. The van der Waals surface area contributed by atoms with Gasteiger partial charge in [0.05, 0.1) is 0 Å². The van der Waals surface area contributed by atoms with Crippen LogP contribution in [0.15, 0.2) is 61.4 Å². The number of anilines is 1. The summed E-state index contributed by atoms with van der Waals surface area (Å²) in [5, 5.41) is 2.58. The average Bonchev–Trinajstić information content (AvgIpc) is 2.55. The molecule has 1 aromatic heterocycles. The van der Waals surface area contributed by atoms with Crippen LogP contribution in [0.3, 0.4) is 0 Å². The van der Waals surface area contributed by atoms with Crippen molar-refractivity contribution < 1.29 is 14.0 Å². The Morgan fingerprint density at radius 3 is 2.70 bits per heavy atom. The molecule has 0 aliphatic carbocycles. The summed E-state index contributed by atoms with van der Waals surface area (Å²) < 4.78 is 13.2. The van der Waals surface area contributed by atoms with Crippen LogP contribution in [0.1, 0.15) is 18.4 Å². The maximum absolute atomic E-state index is 13.2. The summed E-state index contributed by atoms with van der Waals surface area (Å²) in [5.74, 6) is -2.80. The molecule has 2 atom stereocenters. The molecule has 118 valence electrons. The molecule has 1 aromatic carbocycles. The summed E-state index contributed by atoms with van der Waals surface area (Å²) in [6.07, 6.45) is 4.52. The van der Waals surface area contributed by atoms with Crippen molar-refractivity contribution in [3.8, 4) is 0 Å². The molecule has 4 nitrogen and oxygen atoms in total. The number of nitrogens with zero attached hydrogens (tertiary/aromatic N) is 1. The predicted molar refractivity (Wildman–Crippen MR) is 86.4 cm³/mol. The zero-order chi connectivity index (χ0) is 16.8. The molecule has 0 spiro atoms. The minimum atomic E-state index is -1.03. The molecule has 1 heterocycles. The normalized spacial score (nSPS) is 13.0. The summed E-state index contributed by atoms with van der Waals surface area (Å²) >= 11 is 0. The largest absolute Gasteiger partial charge is 0.325 e. The van der Waals surface area contributed by atoms with E-state index in [1.54, 1.807) is 31.3 Å². The van der Waals surface area contributed by atoms with E-state index in [1.165, 1.54) is 30.5 Å². The molecule has 5 heteroatoms. The van der Waals surface area contributed by atoms with Crippen molar-refractivity contribution in [3.05, 3.63) is 72.8 Å². The van der Waals surface area contributed by atoms with Crippen molar-refractivity contribution in [3.63, 3.8) is 0 Å². The Bertz CT molecular complexity index is 716. The number of pyridine rings is 1. The molecule has 2 rings (SSSR count). The number of carbonyl (C=O) groups excluding carboxylic acids is 2. The van der Waals surface area contributed by atoms with Crippen molar-refractivity contribution in [1.29, 1.82) is 0 Å². The average molecular weight is 312 g/mol. The number of carbonyl (C=O) groups is 2. The van der Waals surface area contributed by atoms with Crippen LogP contribution >= 0.6 is 0 Å². The molecule has 0 saturated carbocycles. The molecule has 0 radical (unpaired) electrons. The third-order valence-electron chi connectivity index (χ3n) is 3.46. The third-order valence-corrected chi connectivity index (χ3v) is 3.46. The van der Waals surface area contributed by atoms with Gasteiger partial charge in [0, 0.05) is 24.0 Å². The lowest BCUT2D eigenvalue weighted by Gasteiger charge is -2.18. The van der Waals surface area contributed by atoms with Crippen LogP contribution in [0, 0.1) is 11.7 Å². The predicted octanol–water partition coefficient (Wildman–Crippen LogP) is 3.33. The molecule has 1 amide bonds. The van der Waals surface area contributed by atoms with E-state index in [9.17, 15) is 14.0 Å². The molecule has 1 N–H and O–H groups in total. The SMILES string of the molecule is C=CC(C)C(=O)C(C(=O)Nc1cccc(F)c1)c1cccnc1. The van der Waals surface area contributed by atoms with Gasteiger partial charge in [-0.05, 0) is 29.8 Å². The van der Waals surface area contributed by atoms with Crippen LogP contribution in [0.25, 0.3) is 0 Å². The van der Waals surface area contributed by atoms with Gasteiger partial charge in [-0.2, -0.15) is 0 Å². The number of nitrogens with one attached hydrogen (secondary N) is 1. The van der Waals surface area contributed by atoms with E-state index in [0.29, 0.717) is 11.3 Å². The van der Waals surface area contributed by atoms with Crippen molar-refractivity contribution in [1.82, 2.24) is 4.98 Å². The number of benzene rings is 1. The number of Topliss-reactive ketones (excluding diaryl/α,β-unsaturated/α-hetero) is 1. The summed E-state index contributed by atoms with van der Waals surface area (Å²) in [4.78, 5) is 29.1. The van der Waals surface area contributed by atoms with Crippen molar-refractivity contribution in [2.24, 2.45) is 5.92 Å². The van der Waals surface area contributed by atoms with Crippen LogP contribution in [0.4, 0.5) is 10.1 Å². The smallest absolute Gasteiger partial charge is 0.239 e. The van der Waals surface area contributed by atoms with Crippen LogP contribution in [-0.2, 0) is 9.59 Å². The van der Waals surface area contributed by atoms with E-state index < -0.39 is 23.6 Å². The Balaban J connectivity index is 2.31. The molecule has 0 aliphatic rings. The van der Waals surface area contributed by atoms with Gasteiger partial charge in [0.1, 0.15) is 11.7 Å². The molecular formula is C18H17FN2O2. The quantitative estimate of drug-likeness (QED) is 0.657. The zero-order valence-electron chi connectivity index (χ0n) is 12.7. The molecule has 0 saturated heterocycles. The first-order valence-electron chi connectivity index (χ1n) is 7.15. The Morgan fingerprint density at radius 1 is 1.30 bits per heavy atom. The fourth-order valence-electron chi connectivity index (χ4n) is 2.15. The Labute approximate surface area is 134 Å². The van der Waals surface area contributed by atoms with Gasteiger partial charge in [0.25, 0.3) is 0 Å². The summed E-state index contributed by atoms with van der Waals surface area (Å²) in [7, 11) is 0. The van der Waals surface area contributed by atoms with Gasteiger partial charge in [-0.3, -0.25) is 14.6 Å². The molecule has 23 heavy (non-hydrogen) atoms. The van der Waals surface area contributed by atoms with Gasteiger partial charge in [-0.1, -0.05) is 25.1 Å². The first-order chi connectivity index (χ1) is 11.0. The van der Waals surface area contributed by atoms with Gasteiger partial charge in [-0.25, -0.2) is 4.39 Å². The molecular weight excluding hydrogens is 295 g/mol. The Hall–Kier alpha value is -2.82. The second-order valence-corrected chi connectivity index (χ2v) is 5.15. The number of hydrogen-bond acceptors (Lipinski definition) is 3. The van der Waals surface area contributed by atoms with Crippen LogP contribution in [-0.4, -0.2) is 16.7 Å². The lowest BCUT2D eigenvalue weighted by molar-refractivity contribution is -0.129. The number of allylic oxidation sites excluding steroid dienone is 1. The zero-order valence-corrected chi connectivity index (χ0v) is 12.7. The molecule has 0 fully saturated rings. The summed E-state index contributed by atoms with van der Waals surface area (Å²) in [6.45, 7) is 5.27. The van der Waals surface area contributed by atoms with Crippen molar-refractivity contribution >= 4 is 17.4 Å². The molecule has 2 aromatic rings. The van der Waals surface area contributed by atoms with Crippen molar-refractivity contribution in [2.75, 3.05) is 5.32 Å². The van der Waals surface area contributed by atoms with Crippen LogP contribution < -0.4 is 5.32 Å². The minimum absolute atomic E-state index is 0.290. The van der Waals surface area contributed by atoms with Gasteiger partial charge in [0.15, 0.2) is 5.78 Å². The van der Waals surface area contributed by atoms with Crippen LogP contribution in [0.5, 0.6) is 0 Å². The second-order valence-electron chi connectivity index (χ2n) is 5.15. The third kappa shape index (κ3) is 4.10. The first kappa shape index (κ1) is 16.5. The minimum Gasteiger partial charge on any atom is -0.325 e. The van der Waals surface area contributed by atoms with Gasteiger partial charge in [0.2, 0.25) is 5.91 Å². The Kier molecular flexibility index (Phi) is 5.36. The van der Waals surface area contributed by atoms with Gasteiger partial charge >= 0.3 is 0 Å². The second kappa shape index (κ2) is 7.45. The fourth-order valence-corrected chi connectivity index (χ4v) is 2.15. The van der Waals surface area contributed by atoms with Gasteiger partial charge in [-0.15, -0.1) is 6.58 Å². The van der Waals surface area contributed by atoms with E-state index in [0.717, 1.165) is 0 Å². The van der Waals surface area contributed by atoms with E-state index >= 15 is 0 Å². The fraction of sp³-hybridized carbons (Fsp3) is 0.167. The lowest BCUT2D eigenvalue weighted by Crippen LogP contribution is -2.30. The summed E-state index contributed by atoms with van der Waals surface area (Å²) in [6, 6.07) is 8.83. The highest BCUT2D eigenvalue weighted by molar-refractivity contribution is 6.12. The maximum atomic E-state index is 13.2. The highest BCUT2D eigenvalue weighted by atomic mass is 19.1. The lowest BCUT2D eigenvalue weighted by atomic mass is 9.88. The Morgan fingerprint density at radius 2 is 2.09 bits per heavy atom. The number of hydrogen-bond donors (Lipinski definition) is 1. The van der Waals surface area contributed by atoms with E-state index in [-0.39, 0.29) is 5.78 Å². The standard InChI is InChI=1S/C18H17FN2O2/c1-3-12(2)17(22)16(13-6-5-9-20-11-13)18(23)21-15-8-4-7-14(19)10-15/h3-12,16H,1H2,2H3,(H,21,23). The number of rotatable bonds is 6. The van der Waals surface area contributed by atoms with Crippen molar-refractivity contribution in [2.45, 2.75) is 12.8 Å². The number of amides is 1. The first-order valence-corrected chi connectivity index (χ1v) is 7.15. The van der Waals surface area contributed by atoms with E-state index in [4.69, 9.17) is 0 Å². The topological polar surface area (TPSA) is 59.1 Å². The van der Waals surface area contributed by atoms with Gasteiger partial charge < -0.3 is 5.32 Å².